The van der Waals surface area contributed by atoms with Crippen molar-refractivity contribution in [2.24, 2.45) is 10.9 Å². The fraction of sp³-hybridized carbons (Fsp3) is 0.652. The fourth-order valence-electron chi connectivity index (χ4n) is 3.83. The number of piperidine rings is 1. The number of phenols is 1. The topological polar surface area (TPSA) is 77.4 Å². The van der Waals surface area contributed by atoms with E-state index < -0.39 is 11.4 Å². The lowest BCUT2D eigenvalue weighted by atomic mass is 10.0. The summed E-state index contributed by atoms with van der Waals surface area (Å²) in [5, 5.41) is 12.6. The second kappa shape index (κ2) is 11.4. The van der Waals surface area contributed by atoms with E-state index in [0.29, 0.717) is 12.5 Å². The van der Waals surface area contributed by atoms with E-state index >= 15 is 0 Å². The van der Waals surface area contributed by atoms with E-state index in [0.717, 1.165) is 44.0 Å². The summed E-state index contributed by atoms with van der Waals surface area (Å²) >= 11 is 0. The lowest BCUT2D eigenvalue weighted by Crippen LogP contribution is -2.52. The van der Waals surface area contributed by atoms with Crippen LogP contribution < -0.4 is 5.32 Å². The molecule has 180 valence electrons. The normalized spacial score (nSPS) is 17.5. The van der Waals surface area contributed by atoms with E-state index in [2.05, 4.69) is 15.2 Å². The molecule has 0 aromatic heterocycles. The predicted octanol–water partition coefficient (Wildman–Crippen LogP) is 4.34. The summed E-state index contributed by atoms with van der Waals surface area (Å²) in [5.41, 5.74) is 0.228. The number of phenolic OH excluding ortho intramolecular Hbond substituents is 1. The molecule has 1 amide bonds. The number of halogens is 2. The molecule has 1 saturated carbocycles. The standard InChI is InChI=1S/C23H35FN4O3.HI/c1-23(2,3)31-22(30)28(15-16-5-6-16)18-9-11-27(12-10-18)21(25-4)26-14-17-7-8-20(29)19(24)13-17;/h7-8,13,16,18,29H,5-6,9-12,14-15H2,1-4H3,(H,25,26);1H. The van der Waals surface area contributed by atoms with Gasteiger partial charge >= 0.3 is 6.09 Å². The zero-order chi connectivity index (χ0) is 22.6. The third kappa shape index (κ3) is 7.67. The minimum atomic E-state index is -0.631. The van der Waals surface area contributed by atoms with Gasteiger partial charge in [0.05, 0.1) is 0 Å². The Morgan fingerprint density at radius 3 is 2.47 bits per heavy atom. The van der Waals surface area contributed by atoms with Crippen molar-refractivity contribution < 1.29 is 19.0 Å². The number of rotatable bonds is 5. The average Bonchev–Trinajstić information content (AvgIpc) is 3.53. The van der Waals surface area contributed by atoms with Crippen molar-refractivity contribution >= 4 is 36.0 Å². The Hall–Kier alpha value is -1.78. The molecule has 0 unspecified atom stereocenters. The quantitative estimate of drug-likeness (QED) is 0.318. The van der Waals surface area contributed by atoms with Crippen molar-refractivity contribution in [2.75, 3.05) is 26.7 Å². The number of carbonyl (C=O) groups is 1. The molecule has 1 saturated heterocycles. The van der Waals surface area contributed by atoms with Gasteiger partial charge in [-0.2, -0.15) is 0 Å². The lowest BCUT2D eigenvalue weighted by Gasteiger charge is -2.40. The maximum absolute atomic E-state index is 13.6. The van der Waals surface area contributed by atoms with Crippen molar-refractivity contribution in [1.82, 2.24) is 15.1 Å². The summed E-state index contributed by atoms with van der Waals surface area (Å²) in [6.45, 7) is 8.44. The van der Waals surface area contributed by atoms with Crippen LogP contribution in [0.5, 0.6) is 5.75 Å². The lowest BCUT2D eigenvalue weighted by molar-refractivity contribution is 0.00928. The zero-order valence-corrected chi connectivity index (χ0v) is 21.8. The molecule has 3 rings (SSSR count). The Morgan fingerprint density at radius 2 is 1.94 bits per heavy atom. The first-order valence-corrected chi connectivity index (χ1v) is 11.1. The predicted molar refractivity (Wildman–Crippen MR) is 134 cm³/mol. The molecular formula is C23H36FIN4O3. The van der Waals surface area contributed by atoms with Crippen LogP contribution in [0.1, 0.15) is 52.0 Å². The highest BCUT2D eigenvalue weighted by Gasteiger charge is 2.35. The highest BCUT2D eigenvalue weighted by molar-refractivity contribution is 14.0. The van der Waals surface area contributed by atoms with Gasteiger partial charge in [0.25, 0.3) is 0 Å². The SMILES string of the molecule is CN=C(NCc1ccc(O)c(F)c1)N1CCC(N(CC2CC2)C(=O)OC(C)(C)C)CC1.I. The van der Waals surface area contributed by atoms with Gasteiger partial charge in [0.15, 0.2) is 17.5 Å². The van der Waals surface area contributed by atoms with E-state index in [4.69, 9.17) is 4.74 Å². The molecule has 1 aromatic carbocycles. The van der Waals surface area contributed by atoms with Gasteiger partial charge in [-0.3, -0.25) is 4.99 Å². The first kappa shape index (κ1) is 26.5. The molecule has 0 radical (unpaired) electrons. The van der Waals surface area contributed by atoms with Gasteiger partial charge in [0.2, 0.25) is 0 Å². The zero-order valence-electron chi connectivity index (χ0n) is 19.4. The number of ether oxygens (including phenoxy) is 1. The van der Waals surface area contributed by atoms with Crippen molar-refractivity contribution in [2.45, 2.75) is 64.6 Å². The molecule has 7 nitrogen and oxygen atoms in total. The van der Waals surface area contributed by atoms with E-state index in [9.17, 15) is 14.3 Å². The van der Waals surface area contributed by atoms with Gasteiger partial charge in [0.1, 0.15) is 5.60 Å². The molecular weight excluding hydrogens is 526 g/mol. The largest absolute Gasteiger partial charge is 0.505 e. The molecule has 1 heterocycles. The second-order valence-corrected chi connectivity index (χ2v) is 9.48. The number of carbonyl (C=O) groups excluding carboxylic acids is 1. The highest BCUT2D eigenvalue weighted by Crippen LogP contribution is 2.32. The number of guanidine groups is 1. The number of hydrogen-bond acceptors (Lipinski definition) is 4. The van der Waals surface area contributed by atoms with Crippen molar-refractivity contribution in [3.8, 4) is 5.75 Å². The molecule has 2 aliphatic rings. The summed E-state index contributed by atoms with van der Waals surface area (Å²) < 4.78 is 19.2. The van der Waals surface area contributed by atoms with Crippen LogP contribution in [0.3, 0.4) is 0 Å². The first-order chi connectivity index (χ1) is 14.7. The van der Waals surface area contributed by atoms with Gasteiger partial charge in [-0.15, -0.1) is 24.0 Å². The minimum Gasteiger partial charge on any atom is -0.505 e. The molecule has 1 aliphatic heterocycles. The van der Waals surface area contributed by atoms with Crippen LogP contribution in [0.2, 0.25) is 0 Å². The number of likely N-dealkylation sites (tertiary alicyclic amines) is 1. The summed E-state index contributed by atoms with van der Waals surface area (Å²) in [7, 11) is 1.73. The molecule has 0 spiro atoms. The number of aliphatic imine (C=N–C) groups is 1. The fourth-order valence-corrected chi connectivity index (χ4v) is 3.83. The molecule has 32 heavy (non-hydrogen) atoms. The van der Waals surface area contributed by atoms with E-state index in [1.54, 1.807) is 13.1 Å². The van der Waals surface area contributed by atoms with E-state index in [1.165, 1.54) is 25.0 Å². The Kier molecular flexibility index (Phi) is 9.41. The maximum atomic E-state index is 13.6. The minimum absolute atomic E-state index is 0. The summed E-state index contributed by atoms with van der Waals surface area (Å²) in [6.07, 6.45) is 3.86. The molecule has 2 N–H and O–H groups in total. The van der Waals surface area contributed by atoms with Crippen LogP contribution in [-0.2, 0) is 11.3 Å². The van der Waals surface area contributed by atoms with Gasteiger partial charge in [-0.25, -0.2) is 9.18 Å². The first-order valence-electron chi connectivity index (χ1n) is 11.1. The molecule has 0 bridgehead atoms. The van der Waals surface area contributed by atoms with Gasteiger partial charge in [-0.1, -0.05) is 6.07 Å². The van der Waals surface area contributed by atoms with Gasteiger partial charge in [-0.05, 0) is 70.1 Å². The van der Waals surface area contributed by atoms with Crippen LogP contribution in [-0.4, -0.2) is 65.3 Å². The molecule has 1 aliphatic carbocycles. The van der Waals surface area contributed by atoms with E-state index in [-0.39, 0.29) is 41.9 Å². The number of nitrogens with one attached hydrogen (secondary N) is 1. The number of benzene rings is 1. The van der Waals surface area contributed by atoms with Crippen LogP contribution in [0, 0.1) is 11.7 Å². The number of amides is 1. The maximum Gasteiger partial charge on any atom is 0.410 e. The Balaban J connectivity index is 0.00000363. The molecule has 2 fully saturated rings. The monoisotopic (exact) mass is 562 g/mol. The van der Waals surface area contributed by atoms with E-state index in [1.807, 2.05) is 25.7 Å². The third-order valence-corrected chi connectivity index (χ3v) is 5.66. The number of nitrogens with zero attached hydrogens (tertiary/aromatic N) is 3. The molecule has 1 aromatic rings. The summed E-state index contributed by atoms with van der Waals surface area (Å²) in [5.74, 6) is 0.368. The smallest absolute Gasteiger partial charge is 0.410 e. The summed E-state index contributed by atoms with van der Waals surface area (Å²) in [4.78, 5) is 21.3. The van der Waals surface area contributed by atoms with Gasteiger partial charge < -0.3 is 25.0 Å². The Morgan fingerprint density at radius 1 is 1.28 bits per heavy atom. The highest BCUT2D eigenvalue weighted by atomic mass is 127. The molecule has 9 heteroatoms. The second-order valence-electron chi connectivity index (χ2n) is 9.48. The van der Waals surface area contributed by atoms with Crippen LogP contribution in [0.15, 0.2) is 23.2 Å². The average molecular weight is 562 g/mol. The third-order valence-electron chi connectivity index (χ3n) is 5.66. The van der Waals surface area contributed by atoms with Crippen molar-refractivity contribution in [3.05, 3.63) is 29.6 Å². The Labute approximate surface area is 207 Å². The van der Waals surface area contributed by atoms with Crippen LogP contribution >= 0.6 is 24.0 Å². The van der Waals surface area contributed by atoms with Crippen LogP contribution in [0.4, 0.5) is 9.18 Å². The van der Waals surface area contributed by atoms with Crippen molar-refractivity contribution in [3.63, 3.8) is 0 Å². The molecule has 0 atom stereocenters. The van der Waals surface area contributed by atoms with Gasteiger partial charge in [0, 0.05) is 39.3 Å². The number of aromatic hydroxyl groups is 1. The van der Waals surface area contributed by atoms with Crippen LogP contribution in [0.25, 0.3) is 0 Å². The van der Waals surface area contributed by atoms with Crippen molar-refractivity contribution in [1.29, 1.82) is 0 Å². The summed E-state index contributed by atoms with van der Waals surface area (Å²) in [6, 6.07) is 4.52. The number of hydrogen-bond donors (Lipinski definition) is 2. The Bertz CT molecular complexity index is 803.